The van der Waals surface area contributed by atoms with E-state index in [2.05, 4.69) is 4.98 Å². The van der Waals surface area contributed by atoms with E-state index in [4.69, 9.17) is 4.74 Å². The average molecular weight is 258 g/mol. The maximum Gasteiger partial charge on any atom is 0.231 e. The van der Waals surface area contributed by atoms with Gasteiger partial charge in [0.2, 0.25) is 11.5 Å². The first-order valence-electron chi connectivity index (χ1n) is 5.71. The number of ketones is 1. The van der Waals surface area contributed by atoms with Crippen LogP contribution in [0.5, 0.6) is 0 Å². The van der Waals surface area contributed by atoms with Crippen molar-refractivity contribution in [2.75, 3.05) is 7.11 Å². The molecule has 0 fully saturated rings. The number of aromatic nitrogens is 1. The van der Waals surface area contributed by atoms with Crippen molar-refractivity contribution >= 4 is 5.78 Å². The van der Waals surface area contributed by atoms with Gasteiger partial charge in [-0.25, -0.2) is 0 Å². The SMILES string of the molecule is COC(NO)(C(=O)c1ccccc1)c1ccncc1. The molecule has 0 aliphatic carbocycles. The van der Waals surface area contributed by atoms with Gasteiger partial charge in [-0.2, -0.15) is 5.48 Å². The van der Waals surface area contributed by atoms with Gasteiger partial charge in [0.25, 0.3) is 0 Å². The predicted octanol–water partition coefficient (Wildman–Crippen LogP) is 1.74. The van der Waals surface area contributed by atoms with Crippen molar-refractivity contribution in [1.29, 1.82) is 0 Å². The number of pyridine rings is 1. The van der Waals surface area contributed by atoms with Crippen LogP contribution in [0, 0.1) is 0 Å². The molecule has 5 heteroatoms. The molecule has 19 heavy (non-hydrogen) atoms. The number of methoxy groups -OCH3 is 1. The normalized spacial score (nSPS) is 13.8. The molecular weight excluding hydrogens is 244 g/mol. The zero-order chi connectivity index (χ0) is 13.7. The summed E-state index contributed by atoms with van der Waals surface area (Å²) in [6.45, 7) is 0. The topological polar surface area (TPSA) is 71.4 Å². The van der Waals surface area contributed by atoms with Crippen molar-refractivity contribution in [3.8, 4) is 0 Å². The van der Waals surface area contributed by atoms with Gasteiger partial charge in [0, 0.05) is 30.6 Å². The average Bonchev–Trinajstić information content (AvgIpc) is 2.51. The molecule has 2 N–H and O–H groups in total. The van der Waals surface area contributed by atoms with Crippen molar-refractivity contribution in [3.63, 3.8) is 0 Å². The highest BCUT2D eigenvalue weighted by Crippen LogP contribution is 2.25. The second-order valence-corrected chi connectivity index (χ2v) is 3.93. The molecule has 0 aliphatic heterocycles. The van der Waals surface area contributed by atoms with Gasteiger partial charge in [0.15, 0.2) is 0 Å². The summed E-state index contributed by atoms with van der Waals surface area (Å²) in [4.78, 5) is 16.4. The Morgan fingerprint density at radius 1 is 1.21 bits per heavy atom. The van der Waals surface area contributed by atoms with Crippen LogP contribution in [0.15, 0.2) is 54.9 Å². The second kappa shape index (κ2) is 5.71. The molecule has 2 aromatic rings. The number of benzene rings is 1. The molecule has 2 rings (SSSR count). The number of Topliss-reactive ketones (excluding diaryl/α,β-unsaturated/α-hetero) is 1. The lowest BCUT2D eigenvalue weighted by Crippen LogP contribution is -2.49. The Balaban J connectivity index is 2.49. The Hall–Kier alpha value is -2.08. The highest BCUT2D eigenvalue weighted by atomic mass is 16.6. The molecular formula is C14H14N2O3. The van der Waals surface area contributed by atoms with E-state index < -0.39 is 5.72 Å². The minimum absolute atomic E-state index is 0.385. The van der Waals surface area contributed by atoms with E-state index in [1.165, 1.54) is 19.5 Å². The predicted molar refractivity (Wildman–Crippen MR) is 68.6 cm³/mol. The summed E-state index contributed by atoms with van der Waals surface area (Å²) in [5.74, 6) is -0.385. The summed E-state index contributed by atoms with van der Waals surface area (Å²) in [5.41, 5.74) is 1.25. The van der Waals surface area contributed by atoms with Gasteiger partial charge in [-0.3, -0.25) is 9.78 Å². The van der Waals surface area contributed by atoms with E-state index in [0.717, 1.165) is 0 Å². The summed E-state index contributed by atoms with van der Waals surface area (Å²) >= 11 is 0. The summed E-state index contributed by atoms with van der Waals surface area (Å²) in [7, 11) is 1.35. The third kappa shape index (κ3) is 2.39. The summed E-state index contributed by atoms with van der Waals surface area (Å²) < 4.78 is 5.25. The lowest BCUT2D eigenvalue weighted by Gasteiger charge is -2.29. The smallest absolute Gasteiger partial charge is 0.231 e. The number of carbonyl (C=O) groups excluding carboxylic acids is 1. The van der Waals surface area contributed by atoms with Crippen LogP contribution in [-0.4, -0.2) is 23.1 Å². The van der Waals surface area contributed by atoms with E-state index in [9.17, 15) is 10.0 Å². The molecule has 1 aromatic carbocycles. The zero-order valence-electron chi connectivity index (χ0n) is 10.4. The van der Waals surface area contributed by atoms with Crippen LogP contribution in [0.2, 0.25) is 0 Å². The second-order valence-electron chi connectivity index (χ2n) is 3.93. The van der Waals surface area contributed by atoms with Gasteiger partial charge in [-0.15, -0.1) is 0 Å². The largest absolute Gasteiger partial charge is 0.351 e. The Morgan fingerprint density at radius 3 is 2.37 bits per heavy atom. The van der Waals surface area contributed by atoms with Crippen LogP contribution >= 0.6 is 0 Å². The van der Waals surface area contributed by atoms with Crippen molar-refractivity contribution in [2.45, 2.75) is 5.72 Å². The molecule has 1 unspecified atom stereocenters. The highest BCUT2D eigenvalue weighted by Gasteiger charge is 2.40. The Morgan fingerprint density at radius 2 is 1.84 bits per heavy atom. The first-order chi connectivity index (χ1) is 9.24. The molecule has 0 amide bonds. The molecule has 0 spiro atoms. The van der Waals surface area contributed by atoms with E-state index in [1.807, 2.05) is 11.5 Å². The van der Waals surface area contributed by atoms with Crippen molar-refractivity contribution in [2.24, 2.45) is 0 Å². The summed E-state index contributed by atoms with van der Waals surface area (Å²) in [6, 6.07) is 11.8. The number of rotatable bonds is 5. The molecule has 0 saturated heterocycles. The zero-order valence-corrected chi connectivity index (χ0v) is 10.4. The quantitative estimate of drug-likeness (QED) is 0.485. The number of ether oxygens (including phenoxy) is 1. The number of carbonyl (C=O) groups is 1. The van der Waals surface area contributed by atoms with E-state index in [1.54, 1.807) is 36.4 Å². The fourth-order valence-corrected chi connectivity index (χ4v) is 1.88. The molecule has 98 valence electrons. The van der Waals surface area contributed by atoms with Gasteiger partial charge in [-0.05, 0) is 12.1 Å². The van der Waals surface area contributed by atoms with Crippen LogP contribution in [0.25, 0.3) is 0 Å². The number of nitrogens with one attached hydrogen (secondary N) is 1. The fourth-order valence-electron chi connectivity index (χ4n) is 1.88. The highest BCUT2D eigenvalue weighted by molar-refractivity contribution is 6.02. The van der Waals surface area contributed by atoms with Crippen molar-refractivity contribution in [1.82, 2.24) is 10.5 Å². The van der Waals surface area contributed by atoms with Gasteiger partial charge in [0.05, 0.1) is 0 Å². The number of hydrogen-bond donors (Lipinski definition) is 2. The Kier molecular flexibility index (Phi) is 4.01. The molecule has 0 radical (unpaired) electrons. The van der Waals surface area contributed by atoms with Crippen LogP contribution in [0.1, 0.15) is 15.9 Å². The Labute approximate surface area is 110 Å². The van der Waals surface area contributed by atoms with E-state index >= 15 is 0 Å². The molecule has 0 saturated carbocycles. The van der Waals surface area contributed by atoms with Crippen LogP contribution in [0.3, 0.4) is 0 Å². The van der Waals surface area contributed by atoms with Crippen LogP contribution in [0.4, 0.5) is 0 Å². The lowest BCUT2D eigenvalue weighted by atomic mass is 9.94. The fraction of sp³-hybridized carbons (Fsp3) is 0.143. The number of hydrogen-bond acceptors (Lipinski definition) is 5. The minimum Gasteiger partial charge on any atom is -0.351 e. The third-order valence-corrected chi connectivity index (χ3v) is 2.91. The van der Waals surface area contributed by atoms with Crippen LogP contribution in [-0.2, 0) is 10.5 Å². The monoisotopic (exact) mass is 258 g/mol. The summed E-state index contributed by atoms with van der Waals surface area (Å²) in [6.07, 6.45) is 3.05. The molecule has 5 nitrogen and oxygen atoms in total. The minimum atomic E-state index is -1.63. The van der Waals surface area contributed by atoms with Crippen molar-refractivity contribution in [3.05, 3.63) is 66.0 Å². The lowest BCUT2D eigenvalue weighted by molar-refractivity contribution is -0.0959. The maximum absolute atomic E-state index is 12.6. The Bertz CT molecular complexity index is 539. The van der Waals surface area contributed by atoms with Gasteiger partial charge < -0.3 is 9.94 Å². The van der Waals surface area contributed by atoms with Gasteiger partial charge in [-0.1, -0.05) is 30.3 Å². The van der Waals surface area contributed by atoms with Crippen molar-refractivity contribution < 1.29 is 14.7 Å². The van der Waals surface area contributed by atoms with E-state index in [-0.39, 0.29) is 5.78 Å². The standard InChI is InChI=1S/C14H14N2O3/c1-19-14(16-18,12-7-9-15-10-8-12)13(17)11-5-3-2-4-6-11/h2-10,16,18H,1H3. The molecule has 1 aromatic heterocycles. The maximum atomic E-state index is 12.6. The first-order valence-corrected chi connectivity index (χ1v) is 5.71. The van der Waals surface area contributed by atoms with Gasteiger partial charge in [0.1, 0.15) is 0 Å². The molecule has 1 atom stereocenters. The number of nitrogens with zero attached hydrogens (tertiary/aromatic N) is 1. The molecule has 0 aliphatic rings. The van der Waals surface area contributed by atoms with Gasteiger partial charge >= 0.3 is 0 Å². The van der Waals surface area contributed by atoms with E-state index in [0.29, 0.717) is 11.1 Å². The molecule has 0 bridgehead atoms. The third-order valence-electron chi connectivity index (χ3n) is 2.91. The first kappa shape index (κ1) is 13.4. The number of hydroxylamine groups is 1. The molecule has 1 heterocycles. The summed E-state index contributed by atoms with van der Waals surface area (Å²) in [5, 5.41) is 9.45. The van der Waals surface area contributed by atoms with Crippen LogP contribution < -0.4 is 5.48 Å².